The van der Waals surface area contributed by atoms with Crippen molar-refractivity contribution < 1.29 is 9.57 Å². The van der Waals surface area contributed by atoms with E-state index in [1.165, 1.54) is 5.56 Å². The van der Waals surface area contributed by atoms with E-state index >= 15 is 0 Å². The van der Waals surface area contributed by atoms with Gasteiger partial charge in [-0.2, -0.15) is 5.48 Å². The standard InChI is InChI=1S/C12H17NO2/c1-14-12-5-3-4-9(8-12)10-6-11(7-10)13-15-2/h3-5,8,10-11,13H,6-7H2,1-2H3. The fourth-order valence-electron chi connectivity index (χ4n) is 2.05. The van der Waals surface area contributed by atoms with Gasteiger partial charge in [-0.3, -0.25) is 0 Å². The molecule has 15 heavy (non-hydrogen) atoms. The summed E-state index contributed by atoms with van der Waals surface area (Å²) in [5, 5.41) is 0. The second kappa shape index (κ2) is 4.64. The molecule has 1 aliphatic carbocycles. The summed E-state index contributed by atoms with van der Waals surface area (Å²) >= 11 is 0. The summed E-state index contributed by atoms with van der Waals surface area (Å²) in [7, 11) is 3.37. The van der Waals surface area contributed by atoms with Crippen LogP contribution in [0.4, 0.5) is 0 Å². The summed E-state index contributed by atoms with van der Waals surface area (Å²) in [6.45, 7) is 0. The first-order valence-corrected chi connectivity index (χ1v) is 5.26. The average Bonchev–Trinajstić information content (AvgIpc) is 2.23. The van der Waals surface area contributed by atoms with E-state index in [0.717, 1.165) is 18.6 Å². The van der Waals surface area contributed by atoms with Gasteiger partial charge in [-0.05, 0) is 36.5 Å². The number of rotatable bonds is 4. The Morgan fingerprint density at radius 3 is 2.73 bits per heavy atom. The molecule has 0 amide bonds. The number of hydroxylamine groups is 1. The lowest BCUT2D eigenvalue weighted by molar-refractivity contribution is 0.0285. The monoisotopic (exact) mass is 207 g/mol. The highest BCUT2D eigenvalue weighted by Crippen LogP contribution is 2.37. The Bertz CT molecular complexity index is 321. The van der Waals surface area contributed by atoms with E-state index in [-0.39, 0.29) is 0 Å². The maximum absolute atomic E-state index is 5.21. The maximum atomic E-state index is 5.21. The molecule has 82 valence electrons. The van der Waals surface area contributed by atoms with Crippen LogP contribution in [0.25, 0.3) is 0 Å². The van der Waals surface area contributed by atoms with Gasteiger partial charge in [-0.15, -0.1) is 0 Å². The lowest BCUT2D eigenvalue weighted by Gasteiger charge is -2.35. The second-order valence-electron chi connectivity index (χ2n) is 3.96. The van der Waals surface area contributed by atoms with Gasteiger partial charge in [0, 0.05) is 6.04 Å². The molecule has 3 nitrogen and oxygen atoms in total. The summed E-state index contributed by atoms with van der Waals surface area (Å²) < 4.78 is 5.21. The molecule has 0 aliphatic heterocycles. The molecule has 1 saturated carbocycles. The van der Waals surface area contributed by atoms with Crippen LogP contribution in [-0.2, 0) is 4.84 Å². The van der Waals surface area contributed by atoms with Crippen LogP contribution in [0.3, 0.4) is 0 Å². The highest BCUT2D eigenvalue weighted by Gasteiger charge is 2.30. The van der Waals surface area contributed by atoms with E-state index in [2.05, 4.69) is 17.6 Å². The van der Waals surface area contributed by atoms with Crippen LogP contribution in [0, 0.1) is 0 Å². The first-order valence-electron chi connectivity index (χ1n) is 5.26. The molecule has 0 saturated heterocycles. The van der Waals surface area contributed by atoms with Crippen LogP contribution in [0.2, 0.25) is 0 Å². The predicted molar refractivity (Wildman–Crippen MR) is 58.9 cm³/mol. The van der Waals surface area contributed by atoms with E-state index in [9.17, 15) is 0 Å². The third-order valence-corrected chi connectivity index (χ3v) is 2.99. The quantitative estimate of drug-likeness (QED) is 0.767. The molecule has 0 aromatic heterocycles. The van der Waals surface area contributed by atoms with E-state index in [4.69, 9.17) is 9.57 Å². The Balaban J connectivity index is 1.94. The van der Waals surface area contributed by atoms with Crippen molar-refractivity contribution in [3.05, 3.63) is 29.8 Å². The molecule has 1 aliphatic rings. The molecule has 1 aromatic rings. The molecule has 0 atom stereocenters. The molecule has 1 fully saturated rings. The molecule has 0 bridgehead atoms. The van der Waals surface area contributed by atoms with Crippen molar-refractivity contribution in [1.29, 1.82) is 0 Å². The number of benzene rings is 1. The van der Waals surface area contributed by atoms with Crippen molar-refractivity contribution in [1.82, 2.24) is 5.48 Å². The van der Waals surface area contributed by atoms with Gasteiger partial charge in [0.05, 0.1) is 14.2 Å². The van der Waals surface area contributed by atoms with Crippen molar-refractivity contribution in [2.24, 2.45) is 0 Å². The Morgan fingerprint density at radius 2 is 2.07 bits per heavy atom. The first kappa shape index (κ1) is 10.5. The molecule has 0 heterocycles. The van der Waals surface area contributed by atoms with Crippen LogP contribution in [0.1, 0.15) is 24.3 Å². The zero-order valence-electron chi connectivity index (χ0n) is 9.19. The van der Waals surface area contributed by atoms with Gasteiger partial charge >= 0.3 is 0 Å². The van der Waals surface area contributed by atoms with Crippen LogP contribution in [0.15, 0.2) is 24.3 Å². The lowest BCUT2D eigenvalue weighted by atomic mass is 9.76. The fraction of sp³-hybridized carbons (Fsp3) is 0.500. The topological polar surface area (TPSA) is 30.5 Å². The van der Waals surface area contributed by atoms with Gasteiger partial charge in [-0.1, -0.05) is 12.1 Å². The molecule has 0 unspecified atom stereocenters. The summed E-state index contributed by atoms with van der Waals surface area (Å²) in [6.07, 6.45) is 2.28. The second-order valence-corrected chi connectivity index (χ2v) is 3.96. The summed E-state index contributed by atoms with van der Waals surface area (Å²) in [6, 6.07) is 8.81. The molecule has 1 N–H and O–H groups in total. The zero-order valence-corrected chi connectivity index (χ0v) is 9.19. The van der Waals surface area contributed by atoms with Crippen LogP contribution >= 0.6 is 0 Å². The molecule has 0 spiro atoms. The third kappa shape index (κ3) is 2.30. The smallest absolute Gasteiger partial charge is 0.119 e. The number of nitrogens with one attached hydrogen (secondary N) is 1. The number of hydrogen-bond acceptors (Lipinski definition) is 3. The average molecular weight is 207 g/mol. The van der Waals surface area contributed by atoms with E-state index in [1.54, 1.807) is 14.2 Å². The summed E-state index contributed by atoms with van der Waals surface area (Å²) in [4.78, 5) is 4.90. The maximum Gasteiger partial charge on any atom is 0.119 e. The first-order chi connectivity index (χ1) is 7.33. The van der Waals surface area contributed by atoms with Crippen LogP contribution in [0.5, 0.6) is 5.75 Å². The highest BCUT2D eigenvalue weighted by molar-refractivity contribution is 5.32. The third-order valence-electron chi connectivity index (χ3n) is 2.99. The minimum atomic E-state index is 0.506. The SMILES string of the molecule is CONC1CC(c2cccc(OC)c2)C1. The molecule has 0 radical (unpaired) electrons. The molecular formula is C12H17NO2. The zero-order chi connectivity index (χ0) is 10.7. The molecule has 3 heteroatoms. The Labute approximate surface area is 90.3 Å². The fourth-order valence-corrected chi connectivity index (χ4v) is 2.05. The largest absolute Gasteiger partial charge is 0.497 e. The number of hydrogen-bond donors (Lipinski definition) is 1. The van der Waals surface area contributed by atoms with Gasteiger partial charge in [0.25, 0.3) is 0 Å². The van der Waals surface area contributed by atoms with E-state index in [0.29, 0.717) is 12.0 Å². The summed E-state index contributed by atoms with van der Waals surface area (Å²) in [5.74, 6) is 1.59. The van der Waals surface area contributed by atoms with Crippen LogP contribution in [-0.4, -0.2) is 20.3 Å². The minimum absolute atomic E-state index is 0.506. The Kier molecular flexibility index (Phi) is 3.23. The summed E-state index contributed by atoms with van der Waals surface area (Å²) in [5.41, 5.74) is 4.34. The van der Waals surface area contributed by atoms with Crippen molar-refractivity contribution in [3.63, 3.8) is 0 Å². The van der Waals surface area contributed by atoms with Gasteiger partial charge in [0.2, 0.25) is 0 Å². The number of ether oxygens (including phenoxy) is 1. The van der Waals surface area contributed by atoms with Crippen molar-refractivity contribution >= 4 is 0 Å². The normalized spacial score (nSPS) is 24.7. The van der Waals surface area contributed by atoms with Crippen molar-refractivity contribution in [3.8, 4) is 5.75 Å². The lowest BCUT2D eigenvalue weighted by Crippen LogP contribution is -2.39. The van der Waals surface area contributed by atoms with Crippen LogP contribution < -0.4 is 10.2 Å². The molecule has 1 aromatic carbocycles. The van der Waals surface area contributed by atoms with E-state index < -0.39 is 0 Å². The molecular weight excluding hydrogens is 190 g/mol. The Hall–Kier alpha value is -1.06. The van der Waals surface area contributed by atoms with Gasteiger partial charge in [0.1, 0.15) is 5.75 Å². The van der Waals surface area contributed by atoms with Gasteiger partial charge in [0.15, 0.2) is 0 Å². The van der Waals surface area contributed by atoms with Gasteiger partial charge in [-0.25, -0.2) is 0 Å². The van der Waals surface area contributed by atoms with E-state index in [1.807, 2.05) is 12.1 Å². The Morgan fingerprint density at radius 1 is 1.27 bits per heavy atom. The van der Waals surface area contributed by atoms with Crippen molar-refractivity contribution in [2.45, 2.75) is 24.8 Å². The molecule has 2 rings (SSSR count). The minimum Gasteiger partial charge on any atom is -0.497 e. The predicted octanol–water partition coefficient (Wildman–Crippen LogP) is 2.09. The van der Waals surface area contributed by atoms with Crippen molar-refractivity contribution in [2.75, 3.05) is 14.2 Å². The number of methoxy groups -OCH3 is 1. The van der Waals surface area contributed by atoms with Gasteiger partial charge < -0.3 is 9.57 Å². The highest BCUT2D eigenvalue weighted by atomic mass is 16.6.